The van der Waals surface area contributed by atoms with Crippen LogP contribution in [0.3, 0.4) is 0 Å². The molecule has 2 aliphatic rings. The van der Waals surface area contributed by atoms with Crippen LogP contribution in [0.5, 0.6) is 0 Å². The number of amides is 1. The predicted molar refractivity (Wildman–Crippen MR) is 145 cm³/mol. The van der Waals surface area contributed by atoms with Crippen LogP contribution in [0.2, 0.25) is 5.02 Å². The molecule has 0 spiro atoms. The van der Waals surface area contributed by atoms with Gasteiger partial charge in [-0.05, 0) is 84.9 Å². The smallest absolute Gasteiger partial charge is 0.256 e. The number of carbonyl (C=O) groups is 1. The van der Waals surface area contributed by atoms with Crippen molar-refractivity contribution >= 4 is 41.7 Å². The van der Waals surface area contributed by atoms with E-state index in [9.17, 15) is 9.18 Å². The summed E-state index contributed by atoms with van der Waals surface area (Å²) in [5.41, 5.74) is 4.51. The first-order valence-electron chi connectivity index (χ1n) is 12.0. The van der Waals surface area contributed by atoms with Gasteiger partial charge in [-0.1, -0.05) is 35.9 Å². The number of halogens is 4. The van der Waals surface area contributed by atoms with E-state index in [2.05, 4.69) is 11.4 Å². The summed E-state index contributed by atoms with van der Waals surface area (Å²) in [4.78, 5) is 15.8. The van der Waals surface area contributed by atoms with E-state index in [4.69, 9.17) is 11.6 Å². The quantitative estimate of drug-likeness (QED) is 0.362. The number of likely N-dealkylation sites (tertiary alicyclic amines) is 1. The highest BCUT2D eigenvalue weighted by molar-refractivity contribution is 7.98. The SMILES string of the molecule is Cl.O=C(c1ccc(CSc2c(Cl)ccc3c2CCNCC3)cc1F)N1CCC(c2ccc(F)cc2)C1. The Balaban J connectivity index is 0.00000304. The molecule has 2 aliphatic heterocycles. The van der Waals surface area contributed by atoms with E-state index < -0.39 is 5.82 Å². The maximum Gasteiger partial charge on any atom is 0.256 e. The van der Waals surface area contributed by atoms with Gasteiger partial charge in [-0.25, -0.2) is 8.78 Å². The van der Waals surface area contributed by atoms with Crippen molar-refractivity contribution in [1.82, 2.24) is 10.2 Å². The van der Waals surface area contributed by atoms with E-state index in [1.54, 1.807) is 34.9 Å². The minimum Gasteiger partial charge on any atom is -0.338 e. The fourth-order valence-electron chi connectivity index (χ4n) is 4.97. The maximum absolute atomic E-state index is 15.0. The van der Waals surface area contributed by atoms with E-state index in [-0.39, 0.29) is 35.6 Å². The zero-order valence-corrected chi connectivity index (χ0v) is 22.1. The number of benzene rings is 3. The second kappa shape index (κ2) is 12.0. The molecule has 0 radical (unpaired) electrons. The molecule has 36 heavy (non-hydrogen) atoms. The summed E-state index contributed by atoms with van der Waals surface area (Å²) in [7, 11) is 0. The number of nitrogens with one attached hydrogen (secondary N) is 1. The highest BCUT2D eigenvalue weighted by atomic mass is 35.5. The lowest BCUT2D eigenvalue weighted by molar-refractivity contribution is 0.0786. The molecule has 1 amide bonds. The molecule has 3 aromatic carbocycles. The summed E-state index contributed by atoms with van der Waals surface area (Å²) < 4.78 is 28.2. The van der Waals surface area contributed by atoms with Gasteiger partial charge in [-0.2, -0.15) is 0 Å². The first-order valence-corrected chi connectivity index (χ1v) is 13.3. The van der Waals surface area contributed by atoms with Gasteiger partial charge in [-0.3, -0.25) is 4.79 Å². The lowest BCUT2D eigenvalue weighted by Gasteiger charge is -2.18. The van der Waals surface area contributed by atoms with Crippen molar-refractivity contribution in [3.8, 4) is 0 Å². The Morgan fingerprint density at radius 2 is 1.83 bits per heavy atom. The van der Waals surface area contributed by atoms with Crippen LogP contribution >= 0.6 is 35.8 Å². The number of carbonyl (C=O) groups excluding carboxylic acids is 1. The summed E-state index contributed by atoms with van der Waals surface area (Å²) in [6.07, 6.45) is 2.68. The molecule has 0 aromatic heterocycles. The van der Waals surface area contributed by atoms with Crippen LogP contribution in [-0.2, 0) is 18.6 Å². The van der Waals surface area contributed by atoms with Crippen molar-refractivity contribution < 1.29 is 13.6 Å². The average Bonchev–Trinajstić information content (AvgIpc) is 3.23. The average molecular weight is 550 g/mol. The van der Waals surface area contributed by atoms with E-state index in [0.29, 0.717) is 18.8 Å². The minimum atomic E-state index is -0.500. The molecule has 1 N–H and O–H groups in total. The number of nitrogens with zero attached hydrogens (tertiary/aromatic N) is 1. The summed E-state index contributed by atoms with van der Waals surface area (Å²) in [5, 5.41) is 4.15. The van der Waals surface area contributed by atoms with Crippen molar-refractivity contribution in [3.05, 3.63) is 99.1 Å². The second-order valence-corrected chi connectivity index (χ2v) is 10.5. The fourth-order valence-corrected chi connectivity index (χ4v) is 6.41. The number of thioether (sulfide) groups is 1. The molecule has 1 fully saturated rings. The Morgan fingerprint density at radius 3 is 2.61 bits per heavy atom. The standard InChI is InChI=1S/C28H27ClF2N2OS.ClH/c29-25-8-4-20-9-12-32-13-10-23(20)27(25)35-17-18-1-7-24(26(31)15-18)28(34)33-14-11-21(16-33)19-2-5-22(30)6-3-19;/h1-8,15,21,32H,9-14,16-17H2;1H. The van der Waals surface area contributed by atoms with Crippen LogP contribution in [-0.4, -0.2) is 37.0 Å². The lowest BCUT2D eigenvalue weighted by Crippen LogP contribution is -2.29. The van der Waals surface area contributed by atoms with Crippen LogP contribution in [0.4, 0.5) is 8.78 Å². The van der Waals surface area contributed by atoms with Gasteiger partial charge in [0.2, 0.25) is 0 Å². The van der Waals surface area contributed by atoms with Crippen molar-refractivity contribution in [2.75, 3.05) is 26.2 Å². The highest BCUT2D eigenvalue weighted by Crippen LogP contribution is 2.36. The molecule has 2 heterocycles. The Kier molecular flexibility index (Phi) is 8.94. The molecule has 0 aliphatic carbocycles. The van der Waals surface area contributed by atoms with Crippen molar-refractivity contribution in [1.29, 1.82) is 0 Å². The molecule has 190 valence electrons. The molecule has 5 rings (SSSR count). The Labute approximate surface area is 226 Å². The predicted octanol–water partition coefficient (Wildman–Crippen LogP) is 6.65. The largest absolute Gasteiger partial charge is 0.338 e. The molecule has 0 saturated carbocycles. The number of rotatable bonds is 5. The van der Waals surface area contributed by atoms with Gasteiger partial charge in [0.05, 0.1) is 10.6 Å². The van der Waals surface area contributed by atoms with E-state index in [1.807, 2.05) is 12.1 Å². The van der Waals surface area contributed by atoms with Crippen LogP contribution in [0.1, 0.15) is 45.0 Å². The molecular weight excluding hydrogens is 521 g/mol. The van der Waals surface area contributed by atoms with Gasteiger partial charge < -0.3 is 10.2 Å². The van der Waals surface area contributed by atoms with Crippen LogP contribution in [0.15, 0.2) is 59.5 Å². The lowest BCUT2D eigenvalue weighted by atomic mass is 9.98. The number of hydrogen-bond acceptors (Lipinski definition) is 3. The second-order valence-electron chi connectivity index (χ2n) is 9.16. The number of fused-ring (bicyclic) bond motifs is 1. The van der Waals surface area contributed by atoms with E-state index in [0.717, 1.165) is 53.4 Å². The number of hydrogen-bond donors (Lipinski definition) is 1. The Hall–Kier alpha value is -2.12. The molecule has 3 nitrogen and oxygen atoms in total. The summed E-state index contributed by atoms with van der Waals surface area (Å²) in [6, 6.07) is 15.3. The Morgan fingerprint density at radius 1 is 1.06 bits per heavy atom. The molecule has 1 unspecified atom stereocenters. The first kappa shape index (κ1) is 26.9. The zero-order chi connectivity index (χ0) is 24.4. The van der Waals surface area contributed by atoms with Crippen molar-refractivity contribution in [2.24, 2.45) is 0 Å². The first-order chi connectivity index (χ1) is 17.0. The van der Waals surface area contributed by atoms with Crippen LogP contribution < -0.4 is 5.32 Å². The molecule has 8 heteroatoms. The zero-order valence-electron chi connectivity index (χ0n) is 19.7. The van der Waals surface area contributed by atoms with Crippen molar-refractivity contribution in [2.45, 2.75) is 35.8 Å². The highest BCUT2D eigenvalue weighted by Gasteiger charge is 2.29. The fraction of sp³-hybridized carbons (Fsp3) is 0.321. The maximum atomic E-state index is 15.0. The normalized spacial score (nSPS) is 17.3. The topological polar surface area (TPSA) is 32.3 Å². The third-order valence-electron chi connectivity index (χ3n) is 6.90. The third kappa shape index (κ3) is 5.88. The van der Waals surface area contributed by atoms with Gasteiger partial charge in [0.1, 0.15) is 11.6 Å². The van der Waals surface area contributed by atoms with Crippen LogP contribution in [0, 0.1) is 11.6 Å². The summed E-state index contributed by atoms with van der Waals surface area (Å²) in [5.74, 6) is -0.359. The van der Waals surface area contributed by atoms with Crippen LogP contribution in [0.25, 0.3) is 0 Å². The third-order valence-corrected chi connectivity index (χ3v) is 8.56. The Bertz CT molecular complexity index is 1240. The monoisotopic (exact) mass is 548 g/mol. The van der Waals surface area contributed by atoms with E-state index >= 15 is 4.39 Å². The molecular formula is C28H28Cl2F2N2OS. The molecule has 1 saturated heterocycles. The van der Waals surface area contributed by atoms with Gasteiger partial charge in [-0.15, -0.1) is 24.2 Å². The van der Waals surface area contributed by atoms with Gasteiger partial charge in [0, 0.05) is 29.7 Å². The van der Waals surface area contributed by atoms with Gasteiger partial charge >= 0.3 is 0 Å². The van der Waals surface area contributed by atoms with Gasteiger partial charge in [0.15, 0.2) is 0 Å². The van der Waals surface area contributed by atoms with Crippen molar-refractivity contribution in [3.63, 3.8) is 0 Å². The summed E-state index contributed by atoms with van der Waals surface area (Å²) >= 11 is 8.15. The summed E-state index contributed by atoms with van der Waals surface area (Å²) in [6.45, 7) is 2.95. The molecule has 1 atom stereocenters. The van der Waals surface area contributed by atoms with E-state index in [1.165, 1.54) is 29.3 Å². The molecule has 0 bridgehead atoms. The molecule has 3 aromatic rings. The minimum absolute atomic E-state index is 0. The van der Waals surface area contributed by atoms with Gasteiger partial charge in [0.25, 0.3) is 5.91 Å².